The summed E-state index contributed by atoms with van der Waals surface area (Å²) in [5, 5.41) is 8.51. The molecule has 0 spiro atoms. The molecule has 0 fully saturated rings. The van der Waals surface area contributed by atoms with E-state index >= 15 is 0 Å². The average molecular weight is 418 g/mol. The van der Waals surface area contributed by atoms with Crippen molar-refractivity contribution in [2.75, 3.05) is 27.7 Å². The second kappa shape index (κ2) is 8.00. The van der Waals surface area contributed by atoms with Gasteiger partial charge in [-0.3, -0.25) is 0 Å². The number of thioether (sulfide) groups is 1. The zero-order valence-electron chi connectivity index (χ0n) is 12.4. The van der Waals surface area contributed by atoms with Crippen LogP contribution in [0.25, 0.3) is 0 Å². The highest BCUT2D eigenvalue weighted by molar-refractivity contribution is 14.1. The fourth-order valence-corrected chi connectivity index (χ4v) is 3.41. The number of halogens is 1. The highest BCUT2D eigenvalue weighted by atomic mass is 127. The smallest absolute Gasteiger partial charge is 0.123 e. The van der Waals surface area contributed by atoms with Crippen molar-refractivity contribution in [2.45, 2.75) is 17.2 Å². The lowest BCUT2D eigenvalue weighted by molar-refractivity contribution is 0.368. The predicted octanol–water partition coefficient (Wildman–Crippen LogP) is 2.75. The lowest BCUT2D eigenvalue weighted by Gasteiger charge is -2.09. The lowest BCUT2D eigenvalue weighted by atomic mass is 10.3. The van der Waals surface area contributed by atoms with Gasteiger partial charge in [-0.25, -0.2) is 4.68 Å². The van der Waals surface area contributed by atoms with Gasteiger partial charge >= 0.3 is 0 Å². The predicted molar refractivity (Wildman–Crippen MR) is 93.8 cm³/mol. The molecule has 21 heavy (non-hydrogen) atoms. The van der Waals surface area contributed by atoms with E-state index in [0.717, 1.165) is 34.0 Å². The zero-order valence-corrected chi connectivity index (χ0v) is 15.4. The van der Waals surface area contributed by atoms with Crippen LogP contribution in [0.4, 0.5) is 0 Å². The van der Waals surface area contributed by atoms with Gasteiger partial charge in [0.1, 0.15) is 15.1 Å². The highest BCUT2D eigenvalue weighted by Crippen LogP contribution is 2.25. The molecule has 1 aromatic heterocycles. The van der Waals surface area contributed by atoms with E-state index in [-0.39, 0.29) is 0 Å². The molecular weight excluding hydrogens is 399 g/mol. The van der Waals surface area contributed by atoms with E-state index in [1.165, 1.54) is 4.90 Å². The van der Waals surface area contributed by atoms with Gasteiger partial charge in [0, 0.05) is 17.2 Å². The Kier molecular flexibility index (Phi) is 6.31. The molecule has 0 radical (unpaired) electrons. The first-order valence-corrected chi connectivity index (χ1v) is 8.66. The molecule has 1 aromatic carbocycles. The number of benzene rings is 1. The molecule has 5 nitrogen and oxygen atoms in total. The second-order valence-electron chi connectivity index (χ2n) is 4.82. The van der Waals surface area contributed by atoms with Crippen LogP contribution >= 0.6 is 34.4 Å². The minimum Gasteiger partial charge on any atom is -0.497 e. The molecule has 1 heterocycles. The maximum Gasteiger partial charge on any atom is 0.123 e. The standard InChI is InChI=1S/C14H19IN4OS/c1-18(2)8-9-19-14(15)13(16-17-19)10-21-12-6-4-11(20-3)5-7-12/h4-7H,8-10H2,1-3H3. The molecule has 2 aromatic rings. The van der Waals surface area contributed by atoms with Gasteiger partial charge in [0.2, 0.25) is 0 Å². The summed E-state index contributed by atoms with van der Waals surface area (Å²) in [5.41, 5.74) is 1.04. The molecule has 0 saturated carbocycles. The van der Waals surface area contributed by atoms with Crippen LogP contribution in [0.15, 0.2) is 29.2 Å². The third kappa shape index (κ3) is 4.86. The Bertz CT molecular complexity index is 571. The largest absolute Gasteiger partial charge is 0.497 e. The Morgan fingerprint density at radius 1 is 1.29 bits per heavy atom. The van der Waals surface area contributed by atoms with Gasteiger partial charge < -0.3 is 9.64 Å². The molecule has 0 unspecified atom stereocenters. The summed E-state index contributed by atoms with van der Waals surface area (Å²) in [6.07, 6.45) is 0. The number of aromatic nitrogens is 3. The Balaban J connectivity index is 1.93. The van der Waals surface area contributed by atoms with E-state index in [1.807, 2.05) is 16.8 Å². The minimum atomic E-state index is 0.826. The van der Waals surface area contributed by atoms with Gasteiger partial charge in [-0.05, 0) is 61.0 Å². The normalized spacial score (nSPS) is 11.1. The molecule has 0 amide bonds. The summed E-state index contributed by atoms with van der Waals surface area (Å²) < 4.78 is 8.24. The highest BCUT2D eigenvalue weighted by Gasteiger charge is 2.10. The van der Waals surface area contributed by atoms with Gasteiger partial charge in [0.25, 0.3) is 0 Å². The summed E-state index contributed by atoms with van der Waals surface area (Å²) >= 11 is 4.08. The van der Waals surface area contributed by atoms with Crippen LogP contribution in [0.2, 0.25) is 0 Å². The summed E-state index contributed by atoms with van der Waals surface area (Å²) in [6, 6.07) is 8.07. The molecule has 114 valence electrons. The van der Waals surface area contributed by atoms with E-state index in [4.69, 9.17) is 4.74 Å². The SMILES string of the molecule is COc1ccc(SCc2nnn(CCN(C)C)c2I)cc1. The molecular formula is C14H19IN4OS. The van der Waals surface area contributed by atoms with Crippen LogP contribution < -0.4 is 4.74 Å². The molecule has 0 aliphatic rings. The fraction of sp³-hybridized carbons (Fsp3) is 0.429. The number of rotatable bonds is 7. The van der Waals surface area contributed by atoms with Crippen LogP contribution in [-0.4, -0.2) is 47.6 Å². The molecule has 2 rings (SSSR count). The first-order chi connectivity index (χ1) is 10.1. The van der Waals surface area contributed by atoms with E-state index in [0.29, 0.717) is 0 Å². The van der Waals surface area contributed by atoms with Crippen molar-refractivity contribution in [2.24, 2.45) is 0 Å². The van der Waals surface area contributed by atoms with Crippen molar-refractivity contribution in [1.82, 2.24) is 19.9 Å². The summed E-state index contributed by atoms with van der Waals surface area (Å²) in [5.74, 6) is 1.70. The number of hydrogen-bond acceptors (Lipinski definition) is 5. The molecule has 0 saturated heterocycles. The molecule has 7 heteroatoms. The number of likely N-dealkylation sites (N-methyl/N-ethyl adjacent to an activating group) is 1. The van der Waals surface area contributed by atoms with E-state index < -0.39 is 0 Å². The first-order valence-electron chi connectivity index (χ1n) is 6.59. The Hall–Kier alpha value is -0.800. The van der Waals surface area contributed by atoms with Crippen molar-refractivity contribution in [3.05, 3.63) is 33.7 Å². The quantitative estimate of drug-likeness (QED) is 0.511. The Morgan fingerprint density at radius 3 is 2.62 bits per heavy atom. The van der Waals surface area contributed by atoms with Crippen LogP contribution in [-0.2, 0) is 12.3 Å². The van der Waals surface area contributed by atoms with E-state index in [9.17, 15) is 0 Å². The van der Waals surface area contributed by atoms with Crippen molar-refractivity contribution in [1.29, 1.82) is 0 Å². The molecule has 0 atom stereocenters. The number of ether oxygens (including phenoxy) is 1. The molecule has 0 aliphatic carbocycles. The van der Waals surface area contributed by atoms with Crippen LogP contribution in [0.3, 0.4) is 0 Å². The maximum atomic E-state index is 5.16. The van der Waals surface area contributed by atoms with Crippen LogP contribution in [0.1, 0.15) is 5.69 Å². The summed E-state index contributed by atoms with van der Waals surface area (Å²) in [7, 11) is 5.80. The number of methoxy groups -OCH3 is 1. The fourth-order valence-electron chi connectivity index (χ4n) is 1.69. The zero-order chi connectivity index (χ0) is 15.2. The average Bonchev–Trinajstić information content (AvgIpc) is 2.84. The van der Waals surface area contributed by atoms with E-state index in [2.05, 4.69) is 64.0 Å². The Morgan fingerprint density at radius 2 is 2.00 bits per heavy atom. The van der Waals surface area contributed by atoms with Crippen LogP contribution in [0.5, 0.6) is 5.75 Å². The van der Waals surface area contributed by atoms with Gasteiger partial charge in [0.05, 0.1) is 13.7 Å². The van der Waals surface area contributed by atoms with Crippen LogP contribution in [0, 0.1) is 3.70 Å². The van der Waals surface area contributed by atoms with Crippen molar-refractivity contribution >= 4 is 34.4 Å². The maximum absolute atomic E-state index is 5.16. The topological polar surface area (TPSA) is 43.2 Å². The monoisotopic (exact) mass is 418 g/mol. The first kappa shape index (κ1) is 16.6. The summed E-state index contributed by atoms with van der Waals surface area (Å²) in [4.78, 5) is 3.35. The minimum absolute atomic E-state index is 0.826. The second-order valence-corrected chi connectivity index (χ2v) is 6.89. The third-order valence-electron chi connectivity index (χ3n) is 2.93. The van der Waals surface area contributed by atoms with Gasteiger partial charge in [-0.1, -0.05) is 5.21 Å². The van der Waals surface area contributed by atoms with Gasteiger partial charge in [-0.2, -0.15) is 0 Å². The van der Waals surface area contributed by atoms with Crippen molar-refractivity contribution in [3.63, 3.8) is 0 Å². The number of nitrogens with zero attached hydrogens (tertiary/aromatic N) is 4. The van der Waals surface area contributed by atoms with Crippen molar-refractivity contribution in [3.8, 4) is 5.75 Å². The van der Waals surface area contributed by atoms with Gasteiger partial charge in [0.15, 0.2) is 0 Å². The molecule has 0 bridgehead atoms. The van der Waals surface area contributed by atoms with Gasteiger partial charge in [-0.15, -0.1) is 16.9 Å². The third-order valence-corrected chi connectivity index (χ3v) is 5.13. The Labute approximate surface area is 143 Å². The molecule has 0 N–H and O–H groups in total. The van der Waals surface area contributed by atoms with Crippen molar-refractivity contribution < 1.29 is 4.74 Å². The van der Waals surface area contributed by atoms with E-state index in [1.54, 1.807) is 18.9 Å². The lowest BCUT2D eigenvalue weighted by Crippen LogP contribution is -2.19. The molecule has 0 aliphatic heterocycles. The summed E-state index contributed by atoms with van der Waals surface area (Å²) in [6.45, 7) is 1.83. The number of hydrogen-bond donors (Lipinski definition) is 0.